The van der Waals surface area contributed by atoms with Gasteiger partial charge in [-0.2, -0.15) is 4.99 Å². The van der Waals surface area contributed by atoms with Crippen LogP contribution in [0.1, 0.15) is 25.8 Å². The largest absolute Gasteiger partial charge is 0.490 e. The lowest BCUT2D eigenvalue weighted by Gasteiger charge is -2.27. The zero-order chi connectivity index (χ0) is 18.4. The van der Waals surface area contributed by atoms with E-state index in [2.05, 4.69) is 16.8 Å². The molecule has 1 fully saturated rings. The van der Waals surface area contributed by atoms with Crippen molar-refractivity contribution in [2.75, 3.05) is 39.5 Å². The van der Waals surface area contributed by atoms with E-state index < -0.39 is 0 Å². The van der Waals surface area contributed by atoms with E-state index in [1.807, 2.05) is 31.2 Å². The van der Waals surface area contributed by atoms with Gasteiger partial charge in [0, 0.05) is 13.1 Å². The fourth-order valence-corrected chi connectivity index (χ4v) is 3.62. The molecule has 1 aromatic carbocycles. The van der Waals surface area contributed by atoms with Crippen molar-refractivity contribution in [3.05, 3.63) is 28.7 Å². The van der Waals surface area contributed by atoms with Crippen LogP contribution in [-0.2, 0) is 9.53 Å². The van der Waals surface area contributed by atoms with E-state index in [0.717, 1.165) is 36.0 Å². The summed E-state index contributed by atoms with van der Waals surface area (Å²) in [6, 6.07) is 5.73. The van der Waals surface area contributed by atoms with Gasteiger partial charge in [0.25, 0.3) is 5.91 Å². The van der Waals surface area contributed by atoms with E-state index in [1.165, 1.54) is 11.8 Å². The zero-order valence-corrected chi connectivity index (χ0v) is 16.0. The number of hydrogen-bond donors (Lipinski definition) is 0. The Kier molecular flexibility index (Phi) is 6.57. The standard InChI is InChI=1S/C19H24N2O4S/c1-3-9-25-15-6-5-14(12-16(15)24-4-2)13-17-18(22)20-19(26-17)21-7-10-23-11-8-21/h5-6,12-13H,3-4,7-11H2,1-2H3/b17-13+. The highest BCUT2D eigenvalue weighted by Crippen LogP contribution is 2.33. The van der Waals surface area contributed by atoms with Crippen molar-refractivity contribution in [2.45, 2.75) is 20.3 Å². The van der Waals surface area contributed by atoms with E-state index in [1.54, 1.807) is 0 Å². The third-order valence-corrected chi connectivity index (χ3v) is 4.96. The molecule has 2 heterocycles. The molecule has 140 valence electrons. The van der Waals surface area contributed by atoms with Crippen molar-refractivity contribution in [3.8, 4) is 11.5 Å². The number of ether oxygens (including phenoxy) is 3. The minimum Gasteiger partial charge on any atom is -0.490 e. The van der Waals surface area contributed by atoms with Crippen LogP contribution in [0.3, 0.4) is 0 Å². The first-order valence-corrected chi connectivity index (χ1v) is 9.77. The maximum absolute atomic E-state index is 12.3. The van der Waals surface area contributed by atoms with Crippen LogP contribution in [0.25, 0.3) is 6.08 Å². The second-order valence-electron chi connectivity index (χ2n) is 5.90. The summed E-state index contributed by atoms with van der Waals surface area (Å²) in [5.41, 5.74) is 0.895. The van der Waals surface area contributed by atoms with Gasteiger partial charge in [-0.25, -0.2) is 0 Å². The molecule has 0 unspecified atom stereocenters. The number of rotatable bonds is 6. The number of amidine groups is 1. The molecule has 0 atom stereocenters. The summed E-state index contributed by atoms with van der Waals surface area (Å²) >= 11 is 1.42. The van der Waals surface area contributed by atoms with Crippen LogP contribution in [0, 0.1) is 0 Å². The lowest BCUT2D eigenvalue weighted by molar-refractivity contribution is -0.113. The normalized spacial score (nSPS) is 19.0. The summed E-state index contributed by atoms with van der Waals surface area (Å²) in [5, 5.41) is 0.762. The summed E-state index contributed by atoms with van der Waals surface area (Å²) in [5.74, 6) is 1.23. The zero-order valence-electron chi connectivity index (χ0n) is 15.2. The number of carbonyl (C=O) groups is 1. The third kappa shape index (κ3) is 4.59. The molecule has 6 nitrogen and oxygen atoms in total. The highest BCUT2D eigenvalue weighted by atomic mass is 32.2. The maximum Gasteiger partial charge on any atom is 0.286 e. The van der Waals surface area contributed by atoms with Crippen LogP contribution >= 0.6 is 11.8 Å². The number of hydrogen-bond acceptors (Lipinski definition) is 6. The second kappa shape index (κ2) is 9.09. The number of morpholine rings is 1. The lowest BCUT2D eigenvalue weighted by atomic mass is 10.2. The molecule has 0 bridgehead atoms. The van der Waals surface area contributed by atoms with E-state index in [4.69, 9.17) is 14.2 Å². The molecular formula is C19H24N2O4S. The first-order valence-electron chi connectivity index (χ1n) is 8.96. The molecule has 1 amide bonds. The Bertz CT molecular complexity index is 711. The van der Waals surface area contributed by atoms with Crippen molar-refractivity contribution in [1.82, 2.24) is 4.90 Å². The van der Waals surface area contributed by atoms with Crippen LogP contribution in [0.15, 0.2) is 28.1 Å². The smallest absolute Gasteiger partial charge is 0.286 e. The van der Waals surface area contributed by atoms with Crippen LogP contribution in [0.5, 0.6) is 11.5 Å². The van der Waals surface area contributed by atoms with Gasteiger partial charge in [-0.15, -0.1) is 0 Å². The fraction of sp³-hybridized carbons (Fsp3) is 0.474. The molecule has 2 aliphatic heterocycles. The molecule has 0 spiro atoms. The number of amides is 1. The Balaban J connectivity index is 1.75. The summed E-state index contributed by atoms with van der Waals surface area (Å²) in [6.45, 7) is 8.08. The minimum atomic E-state index is -0.194. The Labute approximate surface area is 158 Å². The summed E-state index contributed by atoms with van der Waals surface area (Å²) < 4.78 is 16.8. The minimum absolute atomic E-state index is 0.194. The van der Waals surface area contributed by atoms with Crippen molar-refractivity contribution in [3.63, 3.8) is 0 Å². The van der Waals surface area contributed by atoms with E-state index in [0.29, 0.717) is 37.1 Å². The number of nitrogens with zero attached hydrogens (tertiary/aromatic N) is 2. The molecule has 1 aromatic rings. The highest BCUT2D eigenvalue weighted by molar-refractivity contribution is 8.18. The first kappa shape index (κ1) is 18.8. The average Bonchev–Trinajstić information content (AvgIpc) is 3.03. The topological polar surface area (TPSA) is 60.4 Å². The predicted octanol–water partition coefficient (Wildman–Crippen LogP) is 3.18. The van der Waals surface area contributed by atoms with E-state index >= 15 is 0 Å². The molecule has 2 aliphatic rings. The van der Waals surface area contributed by atoms with Gasteiger partial charge in [0.1, 0.15) is 0 Å². The summed E-state index contributed by atoms with van der Waals surface area (Å²) in [7, 11) is 0. The van der Waals surface area contributed by atoms with Gasteiger partial charge in [-0.05, 0) is 48.9 Å². The highest BCUT2D eigenvalue weighted by Gasteiger charge is 2.27. The maximum atomic E-state index is 12.3. The molecule has 0 N–H and O–H groups in total. The van der Waals surface area contributed by atoms with Gasteiger partial charge in [0.05, 0.1) is 31.3 Å². The summed E-state index contributed by atoms with van der Waals surface area (Å²) in [4.78, 5) is 19.2. The van der Waals surface area contributed by atoms with E-state index in [9.17, 15) is 4.79 Å². The molecule has 26 heavy (non-hydrogen) atoms. The molecule has 0 aliphatic carbocycles. The average molecular weight is 376 g/mol. The van der Waals surface area contributed by atoms with Crippen molar-refractivity contribution >= 4 is 28.9 Å². The fourth-order valence-electron chi connectivity index (χ4n) is 2.65. The quantitative estimate of drug-likeness (QED) is 0.711. The molecule has 0 saturated carbocycles. The Morgan fingerprint density at radius 3 is 2.77 bits per heavy atom. The lowest BCUT2D eigenvalue weighted by Crippen LogP contribution is -2.38. The van der Waals surface area contributed by atoms with Crippen LogP contribution in [-0.4, -0.2) is 55.5 Å². The first-order chi connectivity index (χ1) is 12.7. The Morgan fingerprint density at radius 2 is 2.04 bits per heavy atom. The van der Waals surface area contributed by atoms with Crippen LogP contribution in [0.4, 0.5) is 0 Å². The van der Waals surface area contributed by atoms with Gasteiger partial charge >= 0.3 is 0 Å². The molecular weight excluding hydrogens is 352 g/mol. The van der Waals surface area contributed by atoms with Crippen molar-refractivity contribution in [1.29, 1.82) is 0 Å². The van der Waals surface area contributed by atoms with Crippen LogP contribution in [0.2, 0.25) is 0 Å². The Morgan fingerprint density at radius 1 is 1.23 bits per heavy atom. The van der Waals surface area contributed by atoms with Crippen molar-refractivity contribution in [2.24, 2.45) is 4.99 Å². The Hall–Kier alpha value is -1.99. The second-order valence-corrected chi connectivity index (χ2v) is 6.91. The molecule has 7 heteroatoms. The molecule has 3 rings (SSSR count). The summed E-state index contributed by atoms with van der Waals surface area (Å²) in [6.07, 6.45) is 2.79. The van der Waals surface area contributed by atoms with Crippen LogP contribution < -0.4 is 9.47 Å². The molecule has 0 radical (unpaired) electrons. The number of carbonyl (C=O) groups excluding carboxylic acids is 1. The van der Waals surface area contributed by atoms with Gasteiger partial charge in [-0.3, -0.25) is 4.79 Å². The third-order valence-electron chi connectivity index (χ3n) is 3.92. The number of benzene rings is 1. The van der Waals surface area contributed by atoms with Gasteiger partial charge < -0.3 is 19.1 Å². The van der Waals surface area contributed by atoms with Crippen molar-refractivity contribution < 1.29 is 19.0 Å². The van der Waals surface area contributed by atoms with Gasteiger partial charge in [-0.1, -0.05) is 13.0 Å². The monoisotopic (exact) mass is 376 g/mol. The van der Waals surface area contributed by atoms with Gasteiger partial charge in [0.2, 0.25) is 0 Å². The molecule has 1 saturated heterocycles. The van der Waals surface area contributed by atoms with Gasteiger partial charge in [0.15, 0.2) is 16.7 Å². The number of thioether (sulfide) groups is 1. The number of aliphatic imine (C=N–C) groups is 1. The predicted molar refractivity (Wildman–Crippen MR) is 104 cm³/mol. The molecule has 0 aromatic heterocycles. The van der Waals surface area contributed by atoms with E-state index in [-0.39, 0.29) is 5.91 Å². The SMILES string of the molecule is CCCOc1ccc(/C=C2/SC(N3CCOCC3)=NC2=O)cc1OCC.